The maximum Gasteiger partial charge on any atom is 0.325 e. The predicted molar refractivity (Wildman–Crippen MR) is 102 cm³/mol. The lowest BCUT2D eigenvalue weighted by Gasteiger charge is -2.22. The third-order valence-corrected chi connectivity index (χ3v) is 4.65. The molecule has 0 saturated carbocycles. The molecule has 2 aliphatic rings. The van der Waals surface area contributed by atoms with Gasteiger partial charge >= 0.3 is 6.03 Å². The topological polar surface area (TPSA) is 71.1 Å². The van der Waals surface area contributed by atoms with Crippen molar-refractivity contribution in [1.29, 1.82) is 0 Å². The van der Waals surface area contributed by atoms with Crippen LogP contribution in [0.15, 0.2) is 42.5 Å². The van der Waals surface area contributed by atoms with E-state index in [1.165, 1.54) is 4.90 Å². The number of rotatable bonds is 4. The Hall–Kier alpha value is -2.93. The first-order valence-electron chi connectivity index (χ1n) is 8.62. The van der Waals surface area contributed by atoms with Gasteiger partial charge in [0.15, 0.2) is 11.5 Å². The molecule has 0 bridgehead atoms. The molecule has 0 radical (unpaired) electrons. The third kappa shape index (κ3) is 3.78. The molecular formula is C19H18ClN3O4. The Labute approximate surface area is 161 Å². The fourth-order valence-electron chi connectivity index (χ4n) is 3.08. The summed E-state index contributed by atoms with van der Waals surface area (Å²) < 4.78 is 11.1. The van der Waals surface area contributed by atoms with Crippen molar-refractivity contribution in [2.75, 3.05) is 43.1 Å². The molecule has 0 spiro atoms. The zero-order valence-electron chi connectivity index (χ0n) is 14.5. The van der Waals surface area contributed by atoms with Gasteiger partial charge in [0, 0.05) is 35.6 Å². The van der Waals surface area contributed by atoms with Crippen LogP contribution in [0.5, 0.6) is 11.5 Å². The number of hydrogen-bond acceptors (Lipinski definition) is 4. The lowest BCUT2D eigenvalue weighted by molar-refractivity contribution is -0.116. The highest BCUT2D eigenvalue weighted by atomic mass is 35.5. The van der Waals surface area contributed by atoms with Crippen LogP contribution in [0.1, 0.15) is 0 Å². The van der Waals surface area contributed by atoms with Gasteiger partial charge in [-0.15, -0.1) is 0 Å². The Bertz CT molecular complexity index is 872. The van der Waals surface area contributed by atoms with Gasteiger partial charge in [0.25, 0.3) is 0 Å². The summed E-state index contributed by atoms with van der Waals surface area (Å²) in [6.45, 7) is 1.98. The highest BCUT2D eigenvalue weighted by Crippen LogP contribution is 2.35. The van der Waals surface area contributed by atoms with E-state index in [1.54, 1.807) is 41.3 Å². The van der Waals surface area contributed by atoms with Crippen molar-refractivity contribution in [2.45, 2.75) is 0 Å². The summed E-state index contributed by atoms with van der Waals surface area (Å²) in [5.74, 6) is 1.05. The molecule has 27 heavy (non-hydrogen) atoms. The van der Waals surface area contributed by atoms with Crippen LogP contribution in [0.3, 0.4) is 0 Å². The third-order valence-electron chi connectivity index (χ3n) is 4.39. The number of urea groups is 1. The van der Waals surface area contributed by atoms with E-state index in [-0.39, 0.29) is 18.5 Å². The maximum atomic E-state index is 12.7. The van der Waals surface area contributed by atoms with Crippen LogP contribution >= 0.6 is 11.6 Å². The largest absolute Gasteiger partial charge is 0.486 e. The molecule has 2 aromatic rings. The number of nitrogens with zero attached hydrogens (tertiary/aromatic N) is 2. The monoisotopic (exact) mass is 387 g/mol. The second-order valence-electron chi connectivity index (χ2n) is 6.24. The zero-order chi connectivity index (χ0) is 18.8. The number of fused-ring (bicyclic) bond motifs is 1. The first-order valence-corrected chi connectivity index (χ1v) is 8.99. The van der Waals surface area contributed by atoms with Gasteiger partial charge in [-0.1, -0.05) is 11.6 Å². The van der Waals surface area contributed by atoms with E-state index in [0.29, 0.717) is 48.5 Å². The van der Waals surface area contributed by atoms with Crippen molar-refractivity contribution in [3.63, 3.8) is 0 Å². The average Bonchev–Trinajstić information content (AvgIpc) is 3.03. The van der Waals surface area contributed by atoms with Gasteiger partial charge in [-0.05, 0) is 36.4 Å². The highest BCUT2D eigenvalue weighted by molar-refractivity contribution is 6.30. The Morgan fingerprint density at radius 3 is 2.56 bits per heavy atom. The van der Waals surface area contributed by atoms with Crippen molar-refractivity contribution in [1.82, 2.24) is 4.90 Å². The Kier molecular flexibility index (Phi) is 4.77. The standard InChI is InChI=1S/C19H18ClN3O4/c20-13-1-3-14(4-2-13)21-18(24)12-22-7-8-23(19(22)25)15-5-6-16-17(11-15)27-10-9-26-16/h1-6,11H,7-10,12H2,(H,21,24). The lowest BCUT2D eigenvalue weighted by Crippen LogP contribution is -2.37. The SMILES string of the molecule is O=C(CN1CCN(c2ccc3c(c2)OCCO3)C1=O)Nc1ccc(Cl)cc1. The molecular weight excluding hydrogens is 370 g/mol. The zero-order valence-corrected chi connectivity index (χ0v) is 15.2. The number of carbonyl (C=O) groups excluding carboxylic acids is 2. The molecule has 140 valence electrons. The molecule has 2 aliphatic heterocycles. The Morgan fingerprint density at radius 2 is 1.78 bits per heavy atom. The van der Waals surface area contributed by atoms with Gasteiger partial charge in [0.1, 0.15) is 19.8 Å². The van der Waals surface area contributed by atoms with Crippen LogP contribution in [0.25, 0.3) is 0 Å². The van der Waals surface area contributed by atoms with Crippen LogP contribution in [0.4, 0.5) is 16.2 Å². The average molecular weight is 388 g/mol. The Balaban J connectivity index is 1.39. The first-order chi connectivity index (χ1) is 13.1. The van der Waals surface area contributed by atoms with Gasteiger partial charge in [-0.2, -0.15) is 0 Å². The van der Waals surface area contributed by atoms with Crippen molar-refractivity contribution >= 4 is 34.9 Å². The van der Waals surface area contributed by atoms with Gasteiger partial charge < -0.3 is 19.7 Å². The van der Waals surface area contributed by atoms with E-state index in [0.717, 1.165) is 5.69 Å². The molecule has 1 saturated heterocycles. The second kappa shape index (κ2) is 7.36. The van der Waals surface area contributed by atoms with E-state index in [2.05, 4.69) is 5.32 Å². The number of carbonyl (C=O) groups is 2. The number of nitrogens with one attached hydrogen (secondary N) is 1. The molecule has 8 heteroatoms. The minimum Gasteiger partial charge on any atom is -0.486 e. The molecule has 7 nitrogen and oxygen atoms in total. The molecule has 1 fully saturated rings. The van der Waals surface area contributed by atoms with Crippen LogP contribution in [-0.4, -0.2) is 49.7 Å². The Morgan fingerprint density at radius 1 is 1.04 bits per heavy atom. The number of amides is 3. The summed E-state index contributed by atoms with van der Waals surface area (Å²) in [7, 11) is 0. The predicted octanol–water partition coefficient (Wildman–Crippen LogP) is 2.99. The molecule has 0 aromatic heterocycles. The first kappa shape index (κ1) is 17.5. The van der Waals surface area contributed by atoms with Crippen LogP contribution < -0.4 is 19.7 Å². The van der Waals surface area contributed by atoms with Crippen molar-refractivity contribution < 1.29 is 19.1 Å². The minimum absolute atomic E-state index is 0.0114. The summed E-state index contributed by atoms with van der Waals surface area (Å²) >= 11 is 5.84. The van der Waals surface area contributed by atoms with E-state index < -0.39 is 0 Å². The summed E-state index contributed by atoms with van der Waals surface area (Å²) in [5.41, 5.74) is 1.37. The quantitative estimate of drug-likeness (QED) is 0.875. The van der Waals surface area contributed by atoms with E-state index >= 15 is 0 Å². The second-order valence-corrected chi connectivity index (χ2v) is 6.68. The highest BCUT2D eigenvalue weighted by Gasteiger charge is 2.31. The number of benzene rings is 2. The van der Waals surface area contributed by atoms with E-state index in [4.69, 9.17) is 21.1 Å². The minimum atomic E-state index is -0.255. The molecule has 2 heterocycles. The summed E-state index contributed by atoms with van der Waals surface area (Å²) in [6.07, 6.45) is 0. The molecule has 4 rings (SSSR count). The summed E-state index contributed by atoms with van der Waals surface area (Å²) in [5, 5.41) is 3.36. The number of halogens is 1. The molecule has 0 atom stereocenters. The maximum absolute atomic E-state index is 12.7. The van der Waals surface area contributed by atoms with E-state index in [1.807, 2.05) is 6.07 Å². The van der Waals surface area contributed by atoms with Crippen LogP contribution in [-0.2, 0) is 4.79 Å². The van der Waals surface area contributed by atoms with Gasteiger partial charge in [0.2, 0.25) is 5.91 Å². The molecule has 0 unspecified atom stereocenters. The lowest BCUT2D eigenvalue weighted by atomic mass is 10.2. The fraction of sp³-hybridized carbons (Fsp3) is 0.263. The van der Waals surface area contributed by atoms with Gasteiger partial charge in [-0.25, -0.2) is 4.79 Å². The van der Waals surface area contributed by atoms with Gasteiger partial charge in [-0.3, -0.25) is 9.69 Å². The fourth-order valence-corrected chi connectivity index (χ4v) is 3.20. The van der Waals surface area contributed by atoms with E-state index in [9.17, 15) is 9.59 Å². The van der Waals surface area contributed by atoms with Gasteiger partial charge in [0.05, 0.1) is 0 Å². The molecule has 1 N–H and O–H groups in total. The van der Waals surface area contributed by atoms with Crippen LogP contribution in [0, 0.1) is 0 Å². The van der Waals surface area contributed by atoms with Crippen molar-refractivity contribution in [2.24, 2.45) is 0 Å². The summed E-state index contributed by atoms with van der Waals surface area (Å²) in [6, 6.07) is 12.0. The number of anilines is 2. The number of hydrogen-bond donors (Lipinski definition) is 1. The summed E-state index contributed by atoms with van der Waals surface area (Å²) in [4.78, 5) is 28.1. The molecule has 3 amide bonds. The van der Waals surface area contributed by atoms with Crippen molar-refractivity contribution in [3.05, 3.63) is 47.5 Å². The number of ether oxygens (including phenoxy) is 2. The van der Waals surface area contributed by atoms with Crippen LogP contribution in [0.2, 0.25) is 5.02 Å². The normalized spacial score (nSPS) is 15.8. The molecule has 0 aliphatic carbocycles. The molecule has 2 aromatic carbocycles. The van der Waals surface area contributed by atoms with Crippen molar-refractivity contribution in [3.8, 4) is 11.5 Å². The smallest absolute Gasteiger partial charge is 0.325 e.